The van der Waals surface area contributed by atoms with Crippen LogP contribution in [0.2, 0.25) is 0 Å². The molecule has 0 aliphatic carbocycles. The summed E-state index contributed by atoms with van der Waals surface area (Å²) in [5.41, 5.74) is 1.92. The van der Waals surface area contributed by atoms with Gasteiger partial charge in [0.2, 0.25) is 6.29 Å². The molecule has 0 radical (unpaired) electrons. The Bertz CT molecular complexity index is 711. The molecule has 0 amide bonds. The summed E-state index contributed by atoms with van der Waals surface area (Å²) in [4.78, 5) is 0. The van der Waals surface area contributed by atoms with Crippen molar-refractivity contribution in [3.05, 3.63) is 60.2 Å². The van der Waals surface area contributed by atoms with E-state index in [1.807, 2.05) is 30.3 Å². The molecule has 2 aromatic rings. The highest BCUT2D eigenvalue weighted by molar-refractivity contribution is 5.56. The van der Waals surface area contributed by atoms with Gasteiger partial charge in [0.05, 0.1) is 12.3 Å². The zero-order chi connectivity index (χ0) is 19.2. The molecule has 1 aliphatic heterocycles. The molecule has 1 heterocycles. The van der Waals surface area contributed by atoms with E-state index < -0.39 is 37.3 Å². The lowest BCUT2D eigenvalue weighted by Crippen LogP contribution is -2.60. The number of aliphatic hydroxyl groups excluding tert-OH is 4. The second-order valence-corrected chi connectivity index (χ2v) is 6.47. The van der Waals surface area contributed by atoms with Crippen molar-refractivity contribution in [3.8, 4) is 5.75 Å². The second-order valence-electron chi connectivity index (χ2n) is 6.47. The summed E-state index contributed by atoms with van der Waals surface area (Å²) in [7, 11) is 0. The lowest BCUT2D eigenvalue weighted by Gasteiger charge is -2.39. The zero-order valence-corrected chi connectivity index (χ0v) is 14.8. The second kappa shape index (κ2) is 9.16. The van der Waals surface area contributed by atoms with Crippen LogP contribution in [0.15, 0.2) is 54.6 Å². The minimum Gasteiger partial charge on any atom is -0.460 e. The highest BCUT2D eigenvalue weighted by Gasteiger charge is 2.44. The van der Waals surface area contributed by atoms with Crippen LogP contribution in [0, 0.1) is 0 Å². The van der Waals surface area contributed by atoms with E-state index in [1.165, 1.54) is 5.56 Å². The Kier molecular flexibility index (Phi) is 6.65. The first-order valence-electron chi connectivity index (χ1n) is 8.94. The van der Waals surface area contributed by atoms with E-state index in [0.29, 0.717) is 18.0 Å². The van der Waals surface area contributed by atoms with Crippen molar-refractivity contribution >= 4 is 5.69 Å². The molecule has 27 heavy (non-hydrogen) atoms. The Balaban J connectivity index is 1.64. The van der Waals surface area contributed by atoms with Crippen LogP contribution in [-0.4, -0.2) is 64.3 Å². The van der Waals surface area contributed by atoms with Gasteiger partial charge >= 0.3 is 0 Å². The largest absolute Gasteiger partial charge is 0.460 e. The van der Waals surface area contributed by atoms with Gasteiger partial charge in [-0.25, -0.2) is 0 Å². The first-order valence-corrected chi connectivity index (χ1v) is 8.94. The molecule has 3 rings (SSSR count). The van der Waals surface area contributed by atoms with Crippen LogP contribution in [0.25, 0.3) is 0 Å². The molecule has 146 valence electrons. The summed E-state index contributed by atoms with van der Waals surface area (Å²) in [5.74, 6) is 0.440. The van der Waals surface area contributed by atoms with Gasteiger partial charge in [-0.3, -0.25) is 0 Å². The van der Waals surface area contributed by atoms with E-state index in [0.717, 1.165) is 6.42 Å². The lowest BCUT2D eigenvalue weighted by atomic mass is 9.99. The highest BCUT2D eigenvalue weighted by atomic mass is 16.7. The van der Waals surface area contributed by atoms with Crippen molar-refractivity contribution in [2.75, 3.05) is 18.5 Å². The van der Waals surface area contributed by atoms with Gasteiger partial charge in [0.25, 0.3) is 0 Å². The molecule has 1 aliphatic rings. The number of ether oxygens (including phenoxy) is 2. The highest BCUT2D eigenvalue weighted by Crippen LogP contribution is 2.29. The SMILES string of the molecule is OC[C@H]1O[C@@H](Oc2ccccc2NCCc2ccccc2)[C@H](O)[C@@H](O)[C@@H]1O. The van der Waals surface area contributed by atoms with Crippen LogP contribution in [0.5, 0.6) is 5.75 Å². The zero-order valence-electron chi connectivity index (χ0n) is 14.8. The molecule has 1 saturated heterocycles. The minimum absolute atomic E-state index is 0.440. The maximum atomic E-state index is 10.1. The quantitative estimate of drug-likeness (QED) is 0.480. The molecular weight excluding hydrogens is 350 g/mol. The molecule has 2 aromatic carbocycles. The number of anilines is 1. The van der Waals surface area contributed by atoms with Crippen LogP contribution in [0.1, 0.15) is 5.56 Å². The average Bonchev–Trinajstić information content (AvgIpc) is 2.70. The third kappa shape index (κ3) is 4.77. The fraction of sp³-hybridized carbons (Fsp3) is 0.400. The molecular formula is C20H25NO6. The summed E-state index contributed by atoms with van der Waals surface area (Å²) in [6.45, 7) is 0.181. The summed E-state index contributed by atoms with van der Waals surface area (Å²) in [6.07, 6.45) is -5.72. The van der Waals surface area contributed by atoms with Crippen molar-refractivity contribution in [1.29, 1.82) is 0 Å². The third-order valence-corrected chi connectivity index (χ3v) is 4.55. The van der Waals surface area contributed by atoms with Crippen molar-refractivity contribution < 1.29 is 29.9 Å². The first kappa shape index (κ1) is 19.6. The van der Waals surface area contributed by atoms with Gasteiger partial charge < -0.3 is 35.2 Å². The predicted octanol–water partition coefficient (Wildman–Crippen LogP) is 0.520. The Morgan fingerprint density at radius 2 is 1.59 bits per heavy atom. The molecule has 0 aromatic heterocycles. The Hall–Kier alpha value is -2.16. The van der Waals surface area contributed by atoms with Gasteiger partial charge in [-0.05, 0) is 24.1 Å². The third-order valence-electron chi connectivity index (χ3n) is 4.55. The number of nitrogens with one attached hydrogen (secondary N) is 1. The summed E-state index contributed by atoms with van der Waals surface area (Å²) in [5, 5.41) is 42.5. The van der Waals surface area contributed by atoms with Crippen LogP contribution in [-0.2, 0) is 11.2 Å². The maximum absolute atomic E-state index is 10.1. The van der Waals surface area contributed by atoms with E-state index in [4.69, 9.17) is 9.47 Å². The van der Waals surface area contributed by atoms with E-state index in [-0.39, 0.29) is 0 Å². The average molecular weight is 375 g/mol. The van der Waals surface area contributed by atoms with Crippen LogP contribution < -0.4 is 10.1 Å². The summed E-state index contributed by atoms with van der Waals surface area (Å²) < 4.78 is 11.1. The normalized spacial score (nSPS) is 27.9. The Morgan fingerprint density at radius 3 is 2.33 bits per heavy atom. The number of hydrogen-bond acceptors (Lipinski definition) is 7. The standard InChI is InChI=1S/C20H25NO6/c22-12-16-17(23)18(24)19(25)20(27-16)26-15-9-5-4-8-14(15)21-11-10-13-6-2-1-3-7-13/h1-9,16-25H,10-12H2/t16-,17-,18+,19-,20-/m1/s1. The monoisotopic (exact) mass is 375 g/mol. The van der Waals surface area contributed by atoms with E-state index in [1.54, 1.807) is 12.1 Å². The van der Waals surface area contributed by atoms with Crippen LogP contribution in [0.4, 0.5) is 5.69 Å². The summed E-state index contributed by atoms with van der Waals surface area (Å²) >= 11 is 0. The van der Waals surface area contributed by atoms with Gasteiger partial charge in [-0.15, -0.1) is 0 Å². The molecule has 0 spiro atoms. The van der Waals surface area contributed by atoms with Gasteiger partial charge in [0.15, 0.2) is 0 Å². The summed E-state index contributed by atoms with van der Waals surface area (Å²) in [6, 6.07) is 17.2. The Labute approximate surface area is 157 Å². The number of benzene rings is 2. The first-order chi connectivity index (χ1) is 13.1. The molecule has 0 saturated carbocycles. The molecule has 7 heteroatoms. The van der Waals surface area contributed by atoms with Crippen molar-refractivity contribution in [1.82, 2.24) is 0 Å². The molecule has 0 bridgehead atoms. The molecule has 1 fully saturated rings. The van der Waals surface area contributed by atoms with Gasteiger partial charge in [0.1, 0.15) is 30.2 Å². The maximum Gasteiger partial charge on any atom is 0.229 e. The fourth-order valence-electron chi connectivity index (χ4n) is 2.99. The van der Waals surface area contributed by atoms with E-state index >= 15 is 0 Å². The van der Waals surface area contributed by atoms with Gasteiger partial charge in [-0.1, -0.05) is 42.5 Å². The topological polar surface area (TPSA) is 111 Å². The number of para-hydroxylation sites is 2. The number of hydrogen-bond donors (Lipinski definition) is 5. The smallest absolute Gasteiger partial charge is 0.229 e. The van der Waals surface area contributed by atoms with E-state index in [2.05, 4.69) is 17.4 Å². The van der Waals surface area contributed by atoms with Gasteiger partial charge in [-0.2, -0.15) is 0 Å². The number of aliphatic hydroxyl groups is 4. The van der Waals surface area contributed by atoms with Crippen LogP contribution >= 0.6 is 0 Å². The molecule has 5 atom stereocenters. The van der Waals surface area contributed by atoms with Crippen molar-refractivity contribution in [2.45, 2.75) is 37.1 Å². The molecule has 7 nitrogen and oxygen atoms in total. The van der Waals surface area contributed by atoms with Crippen LogP contribution in [0.3, 0.4) is 0 Å². The van der Waals surface area contributed by atoms with Crippen molar-refractivity contribution in [2.24, 2.45) is 0 Å². The number of rotatable bonds is 7. The van der Waals surface area contributed by atoms with Crippen molar-refractivity contribution in [3.63, 3.8) is 0 Å². The lowest BCUT2D eigenvalue weighted by molar-refractivity contribution is -0.277. The molecule has 0 unspecified atom stereocenters. The van der Waals surface area contributed by atoms with Gasteiger partial charge in [0, 0.05) is 6.54 Å². The van der Waals surface area contributed by atoms with E-state index in [9.17, 15) is 20.4 Å². The molecule has 5 N–H and O–H groups in total. The fourth-order valence-corrected chi connectivity index (χ4v) is 2.99. The Morgan fingerprint density at radius 1 is 0.889 bits per heavy atom. The predicted molar refractivity (Wildman–Crippen MR) is 99.5 cm³/mol. The minimum atomic E-state index is -1.47.